The molecule has 1 unspecified atom stereocenters. The minimum atomic E-state index is -1.16. The number of benzene rings is 1. The zero-order chi connectivity index (χ0) is 24.3. The molecule has 4 rings (SSSR count). The van der Waals surface area contributed by atoms with E-state index < -0.39 is 17.4 Å². The van der Waals surface area contributed by atoms with Gasteiger partial charge in [-0.2, -0.15) is 0 Å². The first kappa shape index (κ1) is 23.8. The van der Waals surface area contributed by atoms with E-state index >= 15 is 0 Å². The molecule has 0 spiro atoms. The molecule has 2 amide bonds. The molecule has 1 aliphatic carbocycles. The van der Waals surface area contributed by atoms with Crippen molar-refractivity contribution in [2.75, 3.05) is 14.2 Å². The topological polar surface area (TPSA) is 103 Å². The lowest BCUT2D eigenvalue weighted by molar-refractivity contribution is -0.134. The predicted molar refractivity (Wildman–Crippen MR) is 124 cm³/mol. The van der Waals surface area contributed by atoms with Crippen molar-refractivity contribution in [1.82, 2.24) is 19.8 Å². The molecule has 1 atom stereocenters. The highest BCUT2D eigenvalue weighted by Crippen LogP contribution is 2.31. The van der Waals surface area contributed by atoms with E-state index in [0.29, 0.717) is 5.75 Å². The Morgan fingerprint density at radius 1 is 1.12 bits per heavy atom. The number of hydrogen-bond donors (Lipinski definition) is 1. The number of aromatic nitrogens is 2. The summed E-state index contributed by atoms with van der Waals surface area (Å²) in [5.74, 6) is -0.606. The Morgan fingerprint density at radius 3 is 2.41 bits per heavy atom. The summed E-state index contributed by atoms with van der Waals surface area (Å²) >= 11 is 0. The van der Waals surface area contributed by atoms with E-state index in [-0.39, 0.29) is 36.4 Å². The summed E-state index contributed by atoms with van der Waals surface area (Å²) in [6.45, 7) is 2.16. The second-order valence-electron chi connectivity index (χ2n) is 9.24. The molecule has 1 aromatic carbocycles. The van der Waals surface area contributed by atoms with Gasteiger partial charge in [0.25, 0.3) is 5.91 Å². The van der Waals surface area contributed by atoms with Crippen molar-refractivity contribution in [3.63, 3.8) is 0 Å². The van der Waals surface area contributed by atoms with Crippen molar-refractivity contribution in [2.24, 2.45) is 0 Å². The molecule has 1 N–H and O–H groups in total. The third-order valence-electron chi connectivity index (χ3n) is 6.92. The third kappa shape index (κ3) is 4.51. The van der Waals surface area contributed by atoms with Crippen LogP contribution in [0, 0.1) is 0 Å². The van der Waals surface area contributed by atoms with Crippen LogP contribution in [0.2, 0.25) is 0 Å². The zero-order valence-electron chi connectivity index (χ0n) is 20.0. The van der Waals surface area contributed by atoms with Crippen LogP contribution in [0.1, 0.15) is 72.0 Å². The summed E-state index contributed by atoms with van der Waals surface area (Å²) in [6, 6.07) is 7.46. The van der Waals surface area contributed by atoms with Gasteiger partial charge in [-0.05, 0) is 37.5 Å². The van der Waals surface area contributed by atoms with Crippen molar-refractivity contribution in [3.05, 3.63) is 47.5 Å². The number of imidazole rings is 1. The van der Waals surface area contributed by atoms with Gasteiger partial charge in [0.1, 0.15) is 17.0 Å². The molecule has 0 saturated heterocycles. The maximum atomic E-state index is 13.8. The van der Waals surface area contributed by atoms with Crippen molar-refractivity contribution >= 4 is 17.8 Å². The van der Waals surface area contributed by atoms with E-state index in [1.54, 1.807) is 23.5 Å². The molecule has 1 aromatic heterocycles. The first-order valence-electron chi connectivity index (χ1n) is 11.8. The van der Waals surface area contributed by atoms with Crippen LogP contribution in [0.4, 0.5) is 0 Å². The highest BCUT2D eigenvalue weighted by molar-refractivity contribution is 6.06. The van der Waals surface area contributed by atoms with Crippen LogP contribution in [0.3, 0.4) is 0 Å². The number of nitrogens with one attached hydrogen (secondary N) is 1. The number of ether oxygens (including phenoxy) is 2. The highest BCUT2D eigenvalue weighted by Gasteiger charge is 2.49. The Morgan fingerprint density at radius 2 is 1.79 bits per heavy atom. The Bertz CT molecular complexity index is 1060. The van der Waals surface area contributed by atoms with Gasteiger partial charge < -0.3 is 24.3 Å². The van der Waals surface area contributed by atoms with Gasteiger partial charge in [-0.1, -0.05) is 37.8 Å². The molecule has 0 bridgehead atoms. The predicted octanol–water partition coefficient (Wildman–Crippen LogP) is 2.93. The number of methoxy groups -OCH3 is 2. The van der Waals surface area contributed by atoms with E-state index in [1.165, 1.54) is 26.3 Å². The Hall–Kier alpha value is -3.36. The van der Waals surface area contributed by atoms with Crippen molar-refractivity contribution in [1.29, 1.82) is 0 Å². The number of carbonyl (C=O) groups is 3. The monoisotopic (exact) mass is 468 g/mol. The number of amides is 2. The van der Waals surface area contributed by atoms with E-state index in [1.807, 2.05) is 24.3 Å². The minimum absolute atomic E-state index is 0.0431. The molecule has 0 radical (unpaired) electrons. The van der Waals surface area contributed by atoms with E-state index in [0.717, 1.165) is 31.2 Å². The largest absolute Gasteiger partial charge is 0.497 e. The lowest BCUT2D eigenvalue weighted by atomic mass is 9.92. The van der Waals surface area contributed by atoms with Gasteiger partial charge >= 0.3 is 5.97 Å². The van der Waals surface area contributed by atoms with Crippen LogP contribution >= 0.6 is 0 Å². The molecule has 182 valence electrons. The number of nitrogens with zero attached hydrogens (tertiary/aromatic N) is 3. The summed E-state index contributed by atoms with van der Waals surface area (Å²) in [6.07, 6.45) is 7.85. The molecule has 2 aromatic rings. The van der Waals surface area contributed by atoms with Crippen LogP contribution in [-0.4, -0.2) is 58.0 Å². The Balaban J connectivity index is 1.69. The van der Waals surface area contributed by atoms with Crippen LogP contribution in [0.15, 0.2) is 30.6 Å². The molecule has 34 heavy (non-hydrogen) atoms. The van der Waals surface area contributed by atoms with Gasteiger partial charge in [0, 0.05) is 12.6 Å². The van der Waals surface area contributed by atoms with Gasteiger partial charge in [-0.15, -0.1) is 0 Å². The van der Waals surface area contributed by atoms with Crippen molar-refractivity contribution < 1.29 is 23.9 Å². The van der Waals surface area contributed by atoms with Gasteiger partial charge in [0.2, 0.25) is 5.91 Å². The Labute approximate surface area is 199 Å². The molecule has 2 heterocycles. The first-order chi connectivity index (χ1) is 16.4. The average Bonchev–Trinajstić information content (AvgIpc) is 3.09. The van der Waals surface area contributed by atoms with Gasteiger partial charge in [0.05, 0.1) is 27.1 Å². The maximum absolute atomic E-state index is 13.8. The Kier molecular flexibility index (Phi) is 6.90. The second-order valence-corrected chi connectivity index (χ2v) is 9.24. The van der Waals surface area contributed by atoms with E-state index in [2.05, 4.69) is 10.3 Å². The quantitative estimate of drug-likeness (QED) is 0.517. The summed E-state index contributed by atoms with van der Waals surface area (Å²) in [4.78, 5) is 45.4. The summed E-state index contributed by atoms with van der Waals surface area (Å²) in [5.41, 5.74) is -0.224. The molecule has 1 saturated carbocycles. The number of carbonyl (C=O) groups excluding carboxylic acids is 3. The lowest BCUT2D eigenvalue weighted by Crippen LogP contribution is -2.64. The number of rotatable bonds is 6. The van der Waals surface area contributed by atoms with E-state index in [4.69, 9.17) is 9.47 Å². The van der Waals surface area contributed by atoms with Crippen LogP contribution < -0.4 is 10.1 Å². The maximum Gasteiger partial charge on any atom is 0.359 e. The standard InChI is InChI=1S/C25H32N4O5/c1-25(24(32)27-18-8-6-4-5-7-9-18)15-28-16-26-20(23(31)34-3)21(28)22(30)29(25)14-17-10-12-19(33-2)13-11-17/h10-13,16,18H,4-9,14-15H2,1-3H3,(H,27,32). The molecular formula is C25H32N4O5. The van der Waals surface area contributed by atoms with Crippen LogP contribution in [-0.2, 0) is 22.6 Å². The van der Waals surface area contributed by atoms with Gasteiger partial charge in [-0.3, -0.25) is 9.59 Å². The third-order valence-corrected chi connectivity index (χ3v) is 6.92. The molecule has 9 heteroatoms. The van der Waals surface area contributed by atoms with Gasteiger partial charge in [-0.25, -0.2) is 9.78 Å². The first-order valence-corrected chi connectivity index (χ1v) is 11.8. The molecular weight excluding hydrogens is 436 g/mol. The number of esters is 1. The van der Waals surface area contributed by atoms with Crippen LogP contribution in [0.25, 0.3) is 0 Å². The number of fused-ring (bicyclic) bond motifs is 1. The SMILES string of the molecule is COC(=O)c1ncn2c1C(=O)N(Cc1ccc(OC)cc1)C(C)(C(=O)NC1CCCCCC1)C2. The fourth-order valence-electron chi connectivity index (χ4n) is 4.86. The summed E-state index contributed by atoms with van der Waals surface area (Å²) in [7, 11) is 2.84. The zero-order valence-corrected chi connectivity index (χ0v) is 20.0. The van der Waals surface area contributed by atoms with E-state index in [9.17, 15) is 14.4 Å². The number of hydrogen-bond acceptors (Lipinski definition) is 6. The van der Waals surface area contributed by atoms with Crippen LogP contribution in [0.5, 0.6) is 5.75 Å². The lowest BCUT2D eigenvalue weighted by Gasteiger charge is -2.44. The van der Waals surface area contributed by atoms with Gasteiger partial charge in [0.15, 0.2) is 5.69 Å². The minimum Gasteiger partial charge on any atom is -0.497 e. The average molecular weight is 469 g/mol. The summed E-state index contributed by atoms with van der Waals surface area (Å²) < 4.78 is 11.6. The fourth-order valence-corrected chi connectivity index (χ4v) is 4.86. The highest BCUT2D eigenvalue weighted by atomic mass is 16.5. The molecule has 1 fully saturated rings. The van der Waals surface area contributed by atoms with Crippen molar-refractivity contribution in [2.45, 2.75) is 70.1 Å². The molecule has 9 nitrogen and oxygen atoms in total. The second kappa shape index (κ2) is 9.87. The van der Waals surface area contributed by atoms with Crippen molar-refractivity contribution in [3.8, 4) is 5.75 Å². The molecule has 1 aliphatic heterocycles. The molecule has 2 aliphatic rings. The summed E-state index contributed by atoms with van der Waals surface area (Å²) in [5, 5.41) is 3.22. The fraction of sp³-hybridized carbons (Fsp3) is 0.520. The smallest absolute Gasteiger partial charge is 0.359 e. The normalized spacial score (nSPS) is 20.9.